The molecule has 0 saturated carbocycles. The van der Waals surface area contributed by atoms with Crippen molar-refractivity contribution in [3.05, 3.63) is 75.8 Å². The standard InChI is InChI=1S/C22H20FN5O5S/c1-2-33-21(32)14-5-3-4-6-15(14)25-16(29)11-34-22-27-18(24)17(20(31)28-22)26-19(30)12-7-9-13(23)10-8-12/h3-10H,2,11H2,1H3,(H,25,29)(H,26,30)(H3,24,27,28,31). The molecule has 2 aromatic carbocycles. The minimum atomic E-state index is -0.724. The Labute approximate surface area is 197 Å². The Morgan fingerprint density at radius 2 is 1.82 bits per heavy atom. The molecule has 1 aromatic heterocycles. The Hall–Kier alpha value is -4.19. The van der Waals surface area contributed by atoms with E-state index in [1.807, 2.05) is 0 Å². The first-order valence-corrected chi connectivity index (χ1v) is 10.9. The van der Waals surface area contributed by atoms with Gasteiger partial charge in [-0.05, 0) is 43.3 Å². The predicted molar refractivity (Wildman–Crippen MR) is 125 cm³/mol. The molecule has 3 aromatic rings. The minimum absolute atomic E-state index is 0.0520. The SMILES string of the molecule is CCOC(=O)c1ccccc1NC(=O)CSc1nc(N)c(NC(=O)c2ccc(F)cc2)c(=O)[nH]1. The Balaban J connectivity index is 1.64. The number of aromatic amines is 1. The van der Waals surface area contributed by atoms with Crippen molar-refractivity contribution in [1.29, 1.82) is 0 Å². The number of anilines is 3. The number of amides is 2. The van der Waals surface area contributed by atoms with Crippen molar-refractivity contribution in [3.63, 3.8) is 0 Å². The molecule has 2 amide bonds. The van der Waals surface area contributed by atoms with Gasteiger partial charge < -0.3 is 21.1 Å². The molecule has 12 heteroatoms. The van der Waals surface area contributed by atoms with Crippen molar-refractivity contribution < 1.29 is 23.5 Å². The molecule has 0 aliphatic carbocycles. The van der Waals surface area contributed by atoms with Crippen molar-refractivity contribution in [2.75, 3.05) is 28.7 Å². The average molecular weight is 485 g/mol. The van der Waals surface area contributed by atoms with Gasteiger partial charge in [-0.3, -0.25) is 19.4 Å². The number of esters is 1. The molecule has 176 valence electrons. The zero-order chi connectivity index (χ0) is 24.7. The highest BCUT2D eigenvalue weighted by atomic mass is 32.2. The van der Waals surface area contributed by atoms with Gasteiger partial charge in [0.2, 0.25) is 5.91 Å². The highest BCUT2D eigenvalue weighted by molar-refractivity contribution is 7.99. The van der Waals surface area contributed by atoms with Gasteiger partial charge >= 0.3 is 5.97 Å². The minimum Gasteiger partial charge on any atom is -0.462 e. The molecule has 0 saturated heterocycles. The molecule has 0 fully saturated rings. The van der Waals surface area contributed by atoms with E-state index in [1.165, 1.54) is 18.2 Å². The zero-order valence-electron chi connectivity index (χ0n) is 17.9. The highest BCUT2D eigenvalue weighted by Crippen LogP contribution is 2.20. The number of ether oxygens (including phenoxy) is 1. The van der Waals surface area contributed by atoms with Crippen molar-refractivity contribution in [1.82, 2.24) is 9.97 Å². The van der Waals surface area contributed by atoms with Gasteiger partial charge in [0.05, 0.1) is 23.6 Å². The number of carbonyl (C=O) groups is 3. The Morgan fingerprint density at radius 1 is 1.12 bits per heavy atom. The maximum atomic E-state index is 13.0. The van der Waals surface area contributed by atoms with Crippen LogP contribution in [0, 0.1) is 5.82 Å². The van der Waals surface area contributed by atoms with Crippen LogP contribution in [-0.2, 0) is 9.53 Å². The van der Waals surface area contributed by atoms with E-state index in [-0.39, 0.29) is 45.8 Å². The lowest BCUT2D eigenvalue weighted by molar-refractivity contribution is -0.113. The smallest absolute Gasteiger partial charge is 0.340 e. The summed E-state index contributed by atoms with van der Waals surface area (Å²) in [6, 6.07) is 11.1. The van der Waals surface area contributed by atoms with E-state index in [1.54, 1.807) is 25.1 Å². The summed E-state index contributed by atoms with van der Waals surface area (Å²) in [4.78, 5) is 55.5. The summed E-state index contributed by atoms with van der Waals surface area (Å²) in [5, 5.41) is 5.01. The molecule has 10 nitrogen and oxygen atoms in total. The van der Waals surface area contributed by atoms with Gasteiger partial charge in [0.1, 0.15) is 11.5 Å². The van der Waals surface area contributed by atoms with Crippen LogP contribution >= 0.6 is 11.8 Å². The fraction of sp³-hybridized carbons (Fsp3) is 0.136. The molecule has 34 heavy (non-hydrogen) atoms. The van der Waals surface area contributed by atoms with Gasteiger partial charge in [-0.15, -0.1) is 0 Å². The third-order valence-electron chi connectivity index (χ3n) is 4.31. The lowest BCUT2D eigenvalue weighted by Crippen LogP contribution is -2.23. The van der Waals surface area contributed by atoms with E-state index in [2.05, 4.69) is 20.6 Å². The first kappa shape index (κ1) is 24.5. The quantitative estimate of drug-likeness (QED) is 0.216. The number of nitrogens with one attached hydrogen (secondary N) is 3. The summed E-state index contributed by atoms with van der Waals surface area (Å²) >= 11 is 0.897. The molecule has 0 spiro atoms. The molecular weight excluding hydrogens is 465 g/mol. The van der Waals surface area contributed by atoms with Crippen molar-refractivity contribution in [3.8, 4) is 0 Å². The summed E-state index contributed by atoms with van der Waals surface area (Å²) in [6.07, 6.45) is 0. The molecular formula is C22H20FN5O5S. The third kappa shape index (κ3) is 6.19. The maximum absolute atomic E-state index is 13.0. The van der Waals surface area contributed by atoms with E-state index in [4.69, 9.17) is 10.5 Å². The van der Waals surface area contributed by atoms with Gasteiger partial charge in [-0.2, -0.15) is 0 Å². The van der Waals surface area contributed by atoms with Crippen LogP contribution in [0.3, 0.4) is 0 Å². The summed E-state index contributed by atoms with van der Waals surface area (Å²) in [5.74, 6) is -2.61. The average Bonchev–Trinajstić information content (AvgIpc) is 2.81. The number of halogens is 1. The topological polar surface area (TPSA) is 156 Å². The van der Waals surface area contributed by atoms with Crippen LogP contribution in [0.5, 0.6) is 0 Å². The van der Waals surface area contributed by atoms with E-state index in [0.717, 1.165) is 23.9 Å². The fourth-order valence-corrected chi connectivity index (χ4v) is 3.41. The predicted octanol–water partition coefficient (Wildman–Crippen LogP) is 2.65. The number of nitrogens with zero attached hydrogens (tertiary/aromatic N) is 1. The third-order valence-corrected chi connectivity index (χ3v) is 5.18. The van der Waals surface area contributed by atoms with Gasteiger partial charge in [-0.1, -0.05) is 23.9 Å². The number of para-hydroxylation sites is 1. The second-order valence-corrected chi connectivity index (χ2v) is 7.66. The molecule has 0 unspecified atom stereocenters. The van der Waals surface area contributed by atoms with Crippen LogP contribution in [0.2, 0.25) is 0 Å². The number of H-pyrrole nitrogens is 1. The largest absolute Gasteiger partial charge is 0.462 e. The van der Waals surface area contributed by atoms with Crippen molar-refractivity contribution in [2.45, 2.75) is 12.1 Å². The molecule has 0 radical (unpaired) electrons. The van der Waals surface area contributed by atoms with Gasteiger partial charge in [0.15, 0.2) is 11.0 Å². The van der Waals surface area contributed by atoms with Gasteiger partial charge in [0.25, 0.3) is 11.5 Å². The van der Waals surface area contributed by atoms with E-state index < -0.39 is 29.2 Å². The number of rotatable bonds is 8. The lowest BCUT2D eigenvalue weighted by Gasteiger charge is -2.11. The summed E-state index contributed by atoms with van der Waals surface area (Å²) in [6.45, 7) is 1.87. The number of hydrogen-bond donors (Lipinski definition) is 4. The van der Waals surface area contributed by atoms with Crippen LogP contribution in [0.1, 0.15) is 27.6 Å². The molecule has 0 aliphatic rings. The number of aromatic nitrogens is 2. The molecule has 3 rings (SSSR count). The lowest BCUT2D eigenvalue weighted by atomic mass is 10.2. The van der Waals surface area contributed by atoms with Crippen LogP contribution in [0.25, 0.3) is 0 Å². The molecule has 0 atom stereocenters. The first-order chi connectivity index (χ1) is 16.3. The van der Waals surface area contributed by atoms with Crippen molar-refractivity contribution in [2.24, 2.45) is 0 Å². The second kappa shape index (κ2) is 11.1. The number of carbonyl (C=O) groups excluding carboxylic acids is 3. The number of nitrogen functional groups attached to an aromatic ring is 1. The van der Waals surface area contributed by atoms with E-state index in [0.29, 0.717) is 0 Å². The molecule has 0 aliphatic heterocycles. The zero-order valence-corrected chi connectivity index (χ0v) is 18.7. The number of thioether (sulfide) groups is 1. The van der Waals surface area contributed by atoms with Gasteiger partial charge in [0, 0.05) is 5.56 Å². The summed E-state index contributed by atoms with van der Waals surface area (Å²) < 4.78 is 18.0. The van der Waals surface area contributed by atoms with Crippen LogP contribution in [0.4, 0.5) is 21.6 Å². The Morgan fingerprint density at radius 3 is 2.50 bits per heavy atom. The molecule has 0 bridgehead atoms. The Kier molecular flexibility index (Phi) is 7.98. The highest BCUT2D eigenvalue weighted by Gasteiger charge is 2.17. The molecule has 1 heterocycles. The monoisotopic (exact) mass is 485 g/mol. The van der Waals surface area contributed by atoms with E-state index >= 15 is 0 Å². The fourth-order valence-electron chi connectivity index (χ4n) is 2.74. The summed E-state index contributed by atoms with van der Waals surface area (Å²) in [7, 11) is 0. The van der Waals surface area contributed by atoms with Crippen LogP contribution < -0.4 is 21.9 Å². The normalized spacial score (nSPS) is 10.4. The van der Waals surface area contributed by atoms with E-state index in [9.17, 15) is 23.6 Å². The summed E-state index contributed by atoms with van der Waals surface area (Å²) in [5.41, 5.74) is 5.43. The van der Waals surface area contributed by atoms with Crippen molar-refractivity contribution >= 4 is 46.7 Å². The molecule has 5 N–H and O–H groups in total. The van der Waals surface area contributed by atoms with Crippen LogP contribution in [-0.4, -0.2) is 40.1 Å². The number of benzene rings is 2. The first-order valence-electron chi connectivity index (χ1n) is 9.94. The Bertz CT molecular complexity index is 1280. The van der Waals surface area contributed by atoms with Crippen LogP contribution in [0.15, 0.2) is 58.5 Å². The number of nitrogens with two attached hydrogens (primary N) is 1. The number of hydrogen-bond acceptors (Lipinski definition) is 8. The maximum Gasteiger partial charge on any atom is 0.340 e. The second-order valence-electron chi connectivity index (χ2n) is 6.70. The van der Waals surface area contributed by atoms with Gasteiger partial charge in [-0.25, -0.2) is 14.2 Å².